The average Bonchev–Trinajstić information content (AvgIpc) is 1.59. The quantitative estimate of drug-likeness (QED) is 0.588. The predicted molar refractivity (Wildman–Crippen MR) is 49.1 cm³/mol. The summed E-state index contributed by atoms with van der Waals surface area (Å²) in [4.78, 5) is 3.92. The molecule has 0 saturated heterocycles. The first-order valence-electron chi connectivity index (χ1n) is 2.27. The van der Waals surface area contributed by atoms with Crippen LogP contribution in [0, 0.1) is 3.57 Å². The van der Waals surface area contributed by atoms with Gasteiger partial charge in [-0.15, -0.1) is 0 Å². The van der Waals surface area contributed by atoms with Crippen molar-refractivity contribution in [3.05, 3.63) is 20.3 Å². The Hall–Kier alpha value is 0.160. The summed E-state index contributed by atoms with van der Waals surface area (Å²) in [5.74, 6) is 0.550. The van der Waals surface area contributed by atoms with E-state index in [2.05, 4.69) is 43.5 Å². The van der Waals surface area contributed by atoms with Crippen LogP contribution in [0.15, 0.2) is 16.7 Å². The summed E-state index contributed by atoms with van der Waals surface area (Å²) >= 11 is 5.40. The molecule has 9 heavy (non-hydrogen) atoms. The molecule has 1 heterocycles. The molecule has 1 aromatic heterocycles. The maximum atomic E-state index is 5.41. The fourth-order valence-electron chi connectivity index (χ4n) is 0.485. The molecule has 4 heteroatoms. The molecule has 2 N–H and O–H groups in total. The summed E-state index contributed by atoms with van der Waals surface area (Å²) in [6.07, 6.45) is 0. The Kier molecular flexibility index (Phi) is 2.29. The average molecular weight is 299 g/mol. The molecular formula is C5H4BrIN2. The molecule has 0 atom stereocenters. The first kappa shape index (κ1) is 7.27. The lowest BCUT2D eigenvalue weighted by molar-refractivity contribution is 1.27. The van der Waals surface area contributed by atoms with Crippen LogP contribution in [0.1, 0.15) is 0 Å². The lowest BCUT2D eigenvalue weighted by Gasteiger charge is -1.93. The van der Waals surface area contributed by atoms with Gasteiger partial charge in [-0.3, -0.25) is 0 Å². The molecule has 0 aliphatic carbocycles. The lowest BCUT2D eigenvalue weighted by Crippen LogP contribution is -1.90. The van der Waals surface area contributed by atoms with Gasteiger partial charge in [-0.1, -0.05) is 0 Å². The second-order valence-corrected chi connectivity index (χ2v) is 3.59. The van der Waals surface area contributed by atoms with E-state index in [0.29, 0.717) is 5.82 Å². The van der Waals surface area contributed by atoms with Crippen LogP contribution in [0.2, 0.25) is 0 Å². The molecule has 0 bridgehead atoms. The van der Waals surface area contributed by atoms with E-state index in [1.807, 2.05) is 12.1 Å². The highest BCUT2D eigenvalue weighted by Gasteiger charge is 1.92. The number of nitrogen functional groups attached to an aromatic ring is 1. The molecule has 0 spiro atoms. The van der Waals surface area contributed by atoms with E-state index in [1.165, 1.54) is 0 Å². The van der Waals surface area contributed by atoms with Crippen molar-refractivity contribution in [2.24, 2.45) is 0 Å². The van der Waals surface area contributed by atoms with Crippen molar-refractivity contribution in [1.82, 2.24) is 4.98 Å². The first-order valence-corrected chi connectivity index (χ1v) is 4.14. The molecule has 2 nitrogen and oxygen atoms in total. The maximum absolute atomic E-state index is 5.41. The zero-order chi connectivity index (χ0) is 6.85. The molecule has 0 aliphatic rings. The number of hydrogen-bond acceptors (Lipinski definition) is 2. The number of pyridine rings is 1. The minimum atomic E-state index is 0.550. The highest BCUT2D eigenvalue weighted by Crippen LogP contribution is 2.13. The number of rotatable bonds is 0. The Balaban J connectivity index is 3.17. The van der Waals surface area contributed by atoms with Gasteiger partial charge in [0.05, 0.1) is 0 Å². The van der Waals surface area contributed by atoms with Crippen LogP contribution in [0.5, 0.6) is 0 Å². The third-order valence-corrected chi connectivity index (χ3v) is 1.81. The van der Waals surface area contributed by atoms with E-state index in [1.54, 1.807) is 0 Å². The van der Waals surface area contributed by atoms with Gasteiger partial charge in [0.2, 0.25) is 0 Å². The summed E-state index contributed by atoms with van der Waals surface area (Å²) in [6, 6.07) is 3.71. The van der Waals surface area contributed by atoms with Gasteiger partial charge in [-0.05, 0) is 50.7 Å². The van der Waals surface area contributed by atoms with Gasteiger partial charge in [0.25, 0.3) is 0 Å². The van der Waals surface area contributed by atoms with Gasteiger partial charge in [0, 0.05) is 3.57 Å². The number of halogens is 2. The molecule has 0 unspecified atom stereocenters. The van der Waals surface area contributed by atoms with Crippen LogP contribution in [0.25, 0.3) is 0 Å². The molecule has 0 aromatic carbocycles. The normalized spacial score (nSPS) is 9.56. The molecule has 0 saturated carbocycles. The van der Waals surface area contributed by atoms with Gasteiger partial charge in [-0.25, -0.2) is 4.98 Å². The Bertz CT molecular complexity index is 176. The van der Waals surface area contributed by atoms with E-state index in [4.69, 9.17) is 5.73 Å². The van der Waals surface area contributed by atoms with Gasteiger partial charge in [0.15, 0.2) is 0 Å². The van der Waals surface area contributed by atoms with Crippen molar-refractivity contribution < 1.29 is 0 Å². The minimum absolute atomic E-state index is 0.550. The third-order valence-electron chi connectivity index (χ3n) is 0.779. The van der Waals surface area contributed by atoms with E-state index < -0.39 is 0 Å². The van der Waals surface area contributed by atoms with Crippen LogP contribution < -0.4 is 5.73 Å². The fraction of sp³-hybridized carbons (Fsp3) is 0. The SMILES string of the molecule is Nc1cc(I)cc(Br)n1. The summed E-state index contributed by atoms with van der Waals surface area (Å²) < 4.78 is 1.87. The van der Waals surface area contributed by atoms with Crippen molar-refractivity contribution in [3.63, 3.8) is 0 Å². The molecule has 1 rings (SSSR count). The second kappa shape index (κ2) is 2.83. The van der Waals surface area contributed by atoms with Gasteiger partial charge >= 0.3 is 0 Å². The summed E-state index contributed by atoms with van der Waals surface area (Å²) in [5, 5.41) is 0. The molecule has 0 amide bonds. The highest BCUT2D eigenvalue weighted by molar-refractivity contribution is 14.1. The molecule has 0 aliphatic heterocycles. The number of hydrogen-bond donors (Lipinski definition) is 1. The molecule has 0 fully saturated rings. The predicted octanol–water partition coefficient (Wildman–Crippen LogP) is 2.03. The zero-order valence-corrected chi connectivity index (χ0v) is 8.18. The molecule has 0 radical (unpaired) electrons. The number of aromatic nitrogens is 1. The van der Waals surface area contributed by atoms with Crippen molar-refractivity contribution >= 4 is 44.3 Å². The number of anilines is 1. The van der Waals surface area contributed by atoms with Crippen molar-refractivity contribution in [2.75, 3.05) is 5.73 Å². The second-order valence-electron chi connectivity index (χ2n) is 1.53. The van der Waals surface area contributed by atoms with Gasteiger partial charge in [0.1, 0.15) is 10.4 Å². The number of nitrogens with two attached hydrogens (primary N) is 1. The standard InChI is InChI=1S/C5H4BrIN2/c6-4-1-3(7)2-5(8)9-4/h1-2H,(H2,8,9). The highest BCUT2D eigenvalue weighted by atomic mass is 127. The van der Waals surface area contributed by atoms with Crippen LogP contribution in [0.3, 0.4) is 0 Å². The summed E-state index contributed by atoms with van der Waals surface area (Å²) in [7, 11) is 0. The Labute approximate surface area is 75.1 Å². The smallest absolute Gasteiger partial charge is 0.125 e. The van der Waals surface area contributed by atoms with Crippen LogP contribution >= 0.6 is 38.5 Å². The lowest BCUT2D eigenvalue weighted by atomic mass is 10.5. The number of nitrogens with zero attached hydrogens (tertiary/aromatic N) is 1. The Morgan fingerprint density at radius 1 is 1.56 bits per heavy atom. The summed E-state index contributed by atoms with van der Waals surface area (Å²) in [5.41, 5.74) is 5.41. The zero-order valence-electron chi connectivity index (χ0n) is 4.44. The largest absolute Gasteiger partial charge is 0.384 e. The van der Waals surface area contributed by atoms with Crippen LogP contribution in [0.4, 0.5) is 5.82 Å². The Morgan fingerprint density at radius 3 is 2.67 bits per heavy atom. The van der Waals surface area contributed by atoms with Crippen molar-refractivity contribution in [3.8, 4) is 0 Å². The van der Waals surface area contributed by atoms with E-state index in [0.717, 1.165) is 8.17 Å². The van der Waals surface area contributed by atoms with Gasteiger partial charge in [-0.2, -0.15) is 0 Å². The third kappa shape index (κ3) is 2.09. The van der Waals surface area contributed by atoms with E-state index in [-0.39, 0.29) is 0 Å². The topological polar surface area (TPSA) is 38.9 Å². The molecule has 48 valence electrons. The first-order chi connectivity index (χ1) is 4.18. The Morgan fingerprint density at radius 2 is 2.22 bits per heavy atom. The van der Waals surface area contributed by atoms with Crippen molar-refractivity contribution in [2.45, 2.75) is 0 Å². The van der Waals surface area contributed by atoms with Crippen LogP contribution in [-0.4, -0.2) is 4.98 Å². The summed E-state index contributed by atoms with van der Waals surface area (Å²) in [6.45, 7) is 0. The maximum Gasteiger partial charge on any atom is 0.125 e. The van der Waals surface area contributed by atoms with E-state index in [9.17, 15) is 0 Å². The van der Waals surface area contributed by atoms with E-state index >= 15 is 0 Å². The van der Waals surface area contributed by atoms with Gasteiger partial charge < -0.3 is 5.73 Å². The minimum Gasteiger partial charge on any atom is -0.384 e. The van der Waals surface area contributed by atoms with Crippen LogP contribution in [-0.2, 0) is 0 Å². The monoisotopic (exact) mass is 298 g/mol. The molecular weight excluding hydrogens is 295 g/mol. The fourth-order valence-corrected chi connectivity index (χ4v) is 1.98. The molecule has 1 aromatic rings. The van der Waals surface area contributed by atoms with Crippen molar-refractivity contribution in [1.29, 1.82) is 0 Å².